The largest absolute Gasteiger partial charge is 0.397 e. The second-order valence-electron chi connectivity index (χ2n) is 4.13. The fourth-order valence-corrected chi connectivity index (χ4v) is 2.11. The van der Waals surface area contributed by atoms with Gasteiger partial charge in [-0.05, 0) is 18.9 Å². The summed E-state index contributed by atoms with van der Waals surface area (Å²) >= 11 is 1.43. The van der Waals surface area contributed by atoms with Gasteiger partial charge in [0.15, 0.2) is 5.78 Å². The molecule has 0 spiro atoms. The number of carbonyl (C=O) groups excluding carboxylic acids is 1. The number of Topliss-reactive ketones (excluding diaryl/α,β-unsaturated/α-hetero) is 1. The average molecular weight is 226 g/mol. The number of hydrogen-bond donors (Lipinski definition) is 2. The van der Waals surface area contributed by atoms with Gasteiger partial charge in [0.2, 0.25) is 0 Å². The van der Waals surface area contributed by atoms with Gasteiger partial charge in [-0.15, -0.1) is 11.3 Å². The Morgan fingerprint density at radius 2 is 2.07 bits per heavy atom. The van der Waals surface area contributed by atoms with Gasteiger partial charge in [0.25, 0.3) is 0 Å². The van der Waals surface area contributed by atoms with Crippen molar-refractivity contribution in [2.24, 2.45) is 5.92 Å². The van der Waals surface area contributed by atoms with E-state index in [-0.39, 0.29) is 5.78 Å². The van der Waals surface area contributed by atoms with Gasteiger partial charge in [0, 0.05) is 13.0 Å². The van der Waals surface area contributed by atoms with Gasteiger partial charge in [0.1, 0.15) is 0 Å². The predicted molar refractivity (Wildman–Crippen MR) is 66.7 cm³/mol. The van der Waals surface area contributed by atoms with Crippen molar-refractivity contribution in [3.8, 4) is 0 Å². The number of hydrogen-bond acceptors (Lipinski definition) is 4. The van der Waals surface area contributed by atoms with Gasteiger partial charge < -0.3 is 11.1 Å². The van der Waals surface area contributed by atoms with Crippen molar-refractivity contribution in [2.45, 2.75) is 33.7 Å². The zero-order valence-corrected chi connectivity index (χ0v) is 10.4. The Kier molecular flexibility index (Phi) is 3.74. The van der Waals surface area contributed by atoms with Crippen LogP contribution in [0, 0.1) is 5.92 Å². The Labute approximate surface area is 94.7 Å². The molecule has 3 N–H and O–H groups in total. The smallest absolute Gasteiger partial charge is 0.171 e. The second-order valence-corrected chi connectivity index (χ2v) is 5.18. The molecule has 0 aliphatic heterocycles. The van der Waals surface area contributed by atoms with E-state index in [1.165, 1.54) is 18.3 Å². The molecule has 0 fully saturated rings. The minimum absolute atomic E-state index is 0.0303. The fraction of sp³-hybridized carbons (Fsp3) is 0.545. The number of thiophene rings is 1. The van der Waals surface area contributed by atoms with Crippen LogP contribution in [0.25, 0.3) is 0 Å². The Morgan fingerprint density at radius 1 is 1.47 bits per heavy atom. The van der Waals surface area contributed by atoms with Crippen molar-refractivity contribution >= 4 is 27.8 Å². The van der Waals surface area contributed by atoms with Crippen LogP contribution in [-0.2, 0) is 0 Å². The summed E-state index contributed by atoms with van der Waals surface area (Å²) in [5.74, 6) is 0.580. The van der Waals surface area contributed by atoms with E-state index in [0.717, 1.165) is 5.00 Å². The molecule has 15 heavy (non-hydrogen) atoms. The van der Waals surface area contributed by atoms with Crippen LogP contribution in [0.4, 0.5) is 10.7 Å². The first-order valence-electron chi connectivity index (χ1n) is 5.08. The van der Waals surface area contributed by atoms with E-state index < -0.39 is 0 Å². The molecule has 84 valence electrons. The first kappa shape index (κ1) is 12.0. The van der Waals surface area contributed by atoms with Gasteiger partial charge in [-0.25, -0.2) is 0 Å². The highest BCUT2D eigenvalue weighted by molar-refractivity contribution is 7.18. The van der Waals surface area contributed by atoms with Crippen LogP contribution < -0.4 is 11.1 Å². The van der Waals surface area contributed by atoms with E-state index in [2.05, 4.69) is 26.1 Å². The molecule has 0 saturated heterocycles. The monoisotopic (exact) mass is 226 g/mol. The maximum atomic E-state index is 11.2. The first-order chi connectivity index (χ1) is 6.91. The lowest BCUT2D eigenvalue weighted by molar-refractivity contribution is 0.102. The molecule has 1 heterocycles. The van der Waals surface area contributed by atoms with Crippen LogP contribution in [0.5, 0.6) is 0 Å². The lowest BCUT2D eigenvalue weighted by Crippen LogP contribution is -2.20. The van der Waals surface area contributed by atoms with Gasteiger partial charge >= 0.3 is 0 Å². The van der Waals surface area contributed by atoms with E-state index in [0.29, 0.717) is 22.5 Å². The summed E-state index contributed by atoms with van der Waals surface area (Å²) in [7, 11) is 0. The van der Waals surface area contributed by atoms with Crippen LogP contribution in [-0.4, -0.2) is 11.8 Å². The van der Waals surface area contributed by atoms with Crippen LogP contribution in [0.1, 0.15) is 37.4 Å². The van der Waals surface area contributed by atoms with Gasteiger partial charge in [-0.2, -0.15) is 0 Å². The number of nitrogens with one attached hydrogen (secondary N) is 1. The Hall–Kier alpha value is -1.03. The van der Waals surface area contributed by atoms with Crippen molar-refractivity contribution in [2.75, 3.05) is 11.1 Å². The van der Waals surface area contributed by atoms with Gasteiger partial charge in [0.05, 0.1) is 15.6 Å². The molecule has 0 amide bonds. The summed E-state index contributed by atoms with van der Waals surface area (Å²) in [6.07, 6.45) is 0. The van der Waals surface area contributed by atoms with Crippen molar-refractivity contribution < 1.29 is 4.79 Å². The highest BCUT2D eigenvalue weighted by atomic mass is 32.1. The molecule has 1 aromatic heterocycles. The molecule has 0 aliphatic rings. The Morgan fingerprint density at radius 3 is 2.47 bits per heavy atom. The Bertz CT molecular complexity index is 357. The van der Waals surface area contributed by atoms with E-state index in [4.69, 9.17) is 5.73 Å². The van der Waals surface area contributed by atoms with E-state index in [1.54, 1.807) is 0 Å². The van der Waals surface area contributed by atoms with Gasteiger partial charge in [-0.1, -0.05) is 13.8 Å². The van der Waals surface area contributed by atoms with Crippen LogP contribution >= 0.6 is 11.3 Å². The minimum Gasteiger partial charge on any atom is -0.397 e. The van der Waals surface area contributed by atoms with Crippen LogP contribution in [0.3, 0.4) is 0 Å². The normalized spacial score (nSPS) is 12.9. The van der Waals surface area contributed by atoms with Gasteiger partial charge in [-0.3, -0.25) is 4.79 Å². The maximum absolute atomic E-state index is 11.2. The lowest BCUT2D eigenvalue weighted by Gasteiger charge is -2.16. The standard InChI is InChI=1S/C11H18N2OS/c1-6(2)7(3)13-10-5-9(12)11(15-10)8(4)14/h5-7,13H,12H2,1-4H3. The average Bonchev–Trinajstić information content (AvgIpc) is 2.46. The quantitative estimate of drug-likeness (QED) is 0.776. The third-order valence-electron chi connectivity index (χ3n) is 2.45. The maximum Gasteiger partial charge on any atom is 0.171 e. The van der Waals surface area contributed by atoms with E-state index >= 15 is 0 Å². The molecule has 0 aromatic carbocycles. The van der Waals surface area contributed by atoms with Crippen molar-refractivity contribution in [1.82, 2.24) is 0 Å². The van der Waals surface area contributed by atoms with Crippen LogP contribution in [0.15, 0.2) is 6.07 Å². The third kappa shape index (κ3) is 2.96. The van der Waals surface area contributed by atoms with Crippen molar-refractivity contribution in [1.29, 1.82) is 0 Å². The number of nitrogens with two attached hydrogens (primary N) is 1. The van der Waals surface area contributed by atoms with Crippen molar-refractivity contribution in [3.05, 3.63) is 10.9 Å². The molecule has 4 heteroatoms. The molecule has 0 bridgehead atoms. The predicted octanol–water partition coefficient (Wildman–Crippen LogP) is 2.99. The zero-order chi connectivity index (χ0) is 11.6. The van der Waals surface area contributed by atoms with Crippen molar-refractivity contribution in [3.63, 3.8) is 0 Å². The molecule has 0 radical (unpaired) electrons. The summed E-state index contributed by atoms with van der Waals surface area (Å²) in [5, 5.41) is 4.31. The molecule has 1 rings (SSSR count). The summed E-state index contributed by atoms with van der Waals surface area (Å²) in [5.41, 5.74) is 6.32. The molecule has 1 atom stereocenters. The van der Waals surface area contributed by atoms with E-state index in [1.807, 2.05) is 6.07 Å². The fourth-order valence-electron chi connectivity index (χ4n) is 1.14. The summed E-state index contributed by atoms with van der Waals surface area (Å²) in [6.45, 7) is 7.97. The molecule has 3 nitrogen and oxygen atoms in total. The number of anilines is 2. The third-order valence-corrected chi connectivity index (χ3v) is 3.63. The second kappa shape index (κ2) is 4.66. The topological polar surface area (TPSA) is 55.1 Å². The molecule has 1 aromatic rings. The molecule has 0 saturated carbocycles. The molecular weight excluding hydrogens is 208 g/mol. The molecule has 0 aliphatic carbocycles. The lowest BCUT2D eigenvalue weighted by atomic mass is 10.1. The number of carbonyl (C=O) groups is 1. The SMILES string of the molecule is CC(=O)c1sc(NC(C)C(C)C)cc1N. The minimum atomic E-state index is 0.0303. The number of ketones is 1. The summed E-state index contributed by atoms with van der Waals surface area (Å²) in [4.78, 5) is 11.8. The number of nitrogen functional groups attached to an aromatic ring is 1. The highest BCUT2D eigenvalue weighted by Gasteiger charge is 2.13. The summed E-state index contributed by atoms with van der Waals surface area (Å²) in [6, 6.07) is 2.21. The number of rotatable bonds is 4. The summed E-state index contributed by atoms with van der Waals surface area (Å²) < 4.78 is 0. The first-order valence-corrected chi connectivity index (χ1v) is 5.90. The molecule has 1 unspecified atom stereocenters. The Balaban J connectivity index is 2.80. The van der Waals surface area contributed by atoms with E-state index in [9.17, 15) is 4.79 Å². The molecular formula is C11H18N2OS. The zero-order valence-electron chi connectivity index (χ0n) is 9.63. The highest BCUT2D eigenvalue weighted by Crippen LogP contribution is 2.30. The van der Waals surface area contributed by atoms with Crippen LogP contribution in [0.2, 0.25) is 0 Å².